The Morgan fingerprint density at radius 2 is 1.69 bits per heavy atom. The first-order chi connectivity index (χ1) is 12.6. The van der Waals surface area contributed by atoms with Gasteiger partial charge in [0.2, 0.25) is 0 Å². The number of hydrogen-bond acceptors (Lipinski definition) is 3. The standard InChI is InChI=1S/C22H23NO3/c1-16(26-21-10-6-8-18-7-4-5-9-20(18)21)22(24)23(2)15-17-11-13-19(25-3)14-12-17/h4-14,16H,15H2,1-3H3/t16-/m1/s1. The molecule has 0 heterocycles. The van der Waals surface area contributed by atoms with Gasteiger partial charge in [-0.2, -0.15) is 0 Å². The second-order valence-corrected chi connectivity index (χ2v) is 6.28. The molecule has 0 aromatic heterocycles. The summed E-state index contributed by atoms with van der Waals surface area (Å²) in [6, 6.07) is 21.6. The van der Waals surface area contributed by atoms with E-state index in [4.69, 9.17) is 9.47 Å². The number of amides is 1. The van der Waals surface area contributed by atoms with Gasteiger partial charge in [0.05, 0.1) is 7.11 Å². The lowest BCUT2D eigenvalue weighted by Gasteiger charge is -2.23. The average Bonchev–Trinajstić information content (AvgIpc) is 2.68. The minimum atomic E-state index is -0.566. The Morgan fingerprint density at radius 1 is 1.00 bits per heavy atom. The van der Waals surface area contributed by atoms with E-state index >= 15 is 0 Å². The fourth-order valence-corrected chi connectivity index (χ4v) is 2.93. The van der Waals surface area contributed by atoms with Crippen LogP contribution in [0.3, 0.4) is 0 Å². The predicted molar refractivity (Wildman–Crippen MR) is 104 cm³/mol. The maximum absolute atomic E-state index is 12.7. The summed E-state index contributed by atoms with van der Waals surface area (Å²) in [5.74, 6) is 1.46. The van der Waals surface area contributed by atoms with Crippen LogP contribution in [-0.4, -0.2) is 31.1 Å². The summed E-state index contributed by atoms with van der Waals surface area (Å²) in [4.78, 5) is 14.4. The van der Waals surface area contributed by atoms with Crippen molar-refractivity contribution in [2.45, 2.75) is 19.6 Å². The molecule has 0 unspecified atom stereocenters. The quantitative estimate of drug-likeness (QED) is 0.667. The van der Waals surface area contributed by atoms with E-state index in [1.807, 2.05) is 66.7 Å². The molecule has 0 fully saturated rings. The van der Waals surface area contributed by atoms with Crippen molar-refractivity contribution in [3.8, 4) is 11.5 Å². The summed E-state index contributed by atoms with van der Waals surface area (Å²) in [6.07, 6.45) is -0.566. The Balaban J connectivity index is 1.68. The fourth-order valence-electron chi connectivity index (χ4n) is 2.93. The Hall–Kier alpha value is -3.01. The zero-order valence-corrected chi connectivity index (χ0v) is 15.3. The van der Waals surface area contributed by atoms with Crippen LogP contribution in [0.15, 0.2) is 66.7 Å². The van der Waals surface area contributed by atoms with E-state index in [-0.39, 0.29) is 5.91 Å². The van der Waals surface area contributed by atoms with Gasteiger partial charge in [-0.15, -0.1) is 0 Å². The Kier molecular flexibility index (Phi) is 5.42. The number of benzene rings is 3. The molecule has 134 valence electrons. The molecule has 3 aromatic carbocycles. The van der Waals surface area contributed by atoms with Gasteiger partial charge in [-0.25, -0.2) is 0 Å². The van der Waals surface area contributed by atoms with Gasteiger partial charge in [0, 0.05) is 19.0 Å². The largest absolute Gasteiger partial charge is 0.497 e. The van der Waals surface area contributed by atoms with Crippen LogP contribution in [0.2, 0.25) is 0 Å². The Labute approximate surface area is 154 Å². The third kappa shape index (κ3) is 3.97. The van der Waals surface area contributed by atoms with E-state index in [2.05, 4.69) is 0 Å². The van der Waals surface area contributed by atoms with Crippen molar-refractivity contribution in [3.63, 3.8) is 0 Å². The molecule has 1 atom stereocenters. The van der Waals surface area contributed by atoms with Crippen LogP contribution in [0.5, 0.6) is 11.5 Å². The van der Waals surface area contributed by atoms with Crippen molar-refractivity contribution < 1.29 is 14.3 Å². The summed E-state index contributed by atoms with van der Waals surface area (Å²) in [7, 11) is 3.42. The molecule has 0 spiro atoms. The van der Waals surface area contributed by atoms with E-state index < -0.39 is 6.10 Å². The number of methoxy groups -OCH3 is 1. The fraction of sp³-hybridized carbons (Fsp3) is 0.227. The minimum absolute atomic E-state index is 0.0613. The van der Waals surface area contributed by atoms with Gasteiger partial charge in [-0.05, 0) is 36.1 Å². The highest BCUT2D eigenvalue weighted by molar-refractivity contribution is 5.89. The van der Waals surface area contributed by atoms with Gasteiger partial charge in [0.1, 0.15) is 11.5 Å². The highest BCUT2D eigenvalue weighted by Crippen LogP contribution is 2.26. The molecule has 0 saturated heterocycles. The second kappa shape index (κ2) is 7.91. The van der Waals surface area contributed by atoms with E-state index in [0.29, 0.717) is 6.54 Å². The van der Waals surface area contributed by atoms with E-state index in [9.17, 15) is 4.79 Å². The van der Waals surface area contributed by atoms with Crippen LogP contribution in [-0.2, 0) is 11.3 Å². The normalized spacial score (nSPS) is 11.8. The van der Waals surface area contributed by atoms with Crippen LogP contribution in [0.25, 0.3) is 10.8 Å². The molecule has 0 N–H and O–H groups in total. The maximum Gasteiger partial charge on any atom is 0.263 e. The van der Waals surface area contributed by atoms with Crippen molar-refractivity contribution in [3.05, 3.63) is 72.3 Å². The average molecular weight is 349 g/mol. The SMILES string of the molecule is COc1ccc(CN(C)C(=O)[C@@H](C)Oc2cccc3ccccc23)cc1. The predicted octanol–water partition coefficient (Wildman–Crippen LogP) is 4.27. The lowest BCUT2D eigenvalue weighted by molar-refractivity contribution is -0.137. The lowest BCUT2D eigenvalue weighted by atomic mass is 10.1. The van der Waals surface area contributed by atoms with Gasteiger partial charge in [0.25, 0.3) is 5.91 Å². The van der Waals surface area contributed by atoms with Crippen LogP contribution in [0.4, 0.5) is 0 Å². The van der Waals surface area contributed by atoms with E-state index in [1.54, 1.807) is 26.0 Å². The van der Waals surface area contributed by atoms with Gasteiger partial charge in [-0.1, -0.05) is 48.5 Å². The first kappa shape index (κ1) is 17.8. The number of rotatable bonds is 6. The van der Waals surface area contributed by atoms with Gasteiger partial charge in [0.15, 0.2) is 6.10 Å². The number of carbonyl (C=O) groups is 1. The molecule has 3 rings (SSSR count). The number of fused-ring (bicyclic) bond motifs is 1. The van der Waals surface area contributed by atoms with E-state index in [1.165, 1.54) is 0 Å². The summed E-state index contributed by atoms with van der Waals surface area (Å²) in [5, 5.41) is 2.10. The molecule has 0 aliphatic rings. The number of carbonyl (C=O) groups excluding carboxylic acids is 1. The van der Waals surface area contributed by atoms with Gasteiger partial charge in [-0.3, -0.25) is 4.79 Å². The molecule has 0 saturated carbocycles. The number of hydrogen-bond donors (Lipinski definition) is 0. The topological polar surface area (TPSA) is 38.8 Å². The molecule has 26 heavy (non-hydrogen) atoms. The third-order valence-electron chi connectivity index (χ3n) is 4.36. The van der Waals surface area contributed by atoms with Crippen molar-refractivity contribution in [2.75, 3.05) is 14.2 Å². The first-order valence-corrected chi connectivity index (χ1v) is 8.61. The second-order valence-electron chi connectivity index (χ2n) is 6.28. The number of nitrogens with zero attached hydrogens (tertiary/aromatic N) is 1. The Bertz CT molecular complexity index is 884. The van der Waals surface area contributed by atoms with Crippen molar-refractivity contribution in [1.29, 1.82) is 0 Å². The van der Waals surface area contributed by atoms with Gasteiger partial charge >= 0.3 is 0 Å². The summed E-state index contributed by atoms with van der Waals surface area (Å²) in [5.41, 5.74) is 1.04. The minimum Gasteiger partial charge on any atom is -0.497 e. The van der Waals surface area contributed by atoms with Crippen molar-refractivity contribution in [2.24, 2.45) is 0 Å². The molecule has 0 bridgehead atoms. The van der Waals surface area contributed by atoms with Crippen LogP contribution in [0, 0.1) is 0 Å². The molecule has 0 aliphatic carbocycles. The summed E-state index contributed by atoms with van der Waals surface area (Å²) < 4.78 is 11.1. The van der Waals surface area contributed by atoms with E-state index in [0.717, 1.165) is 27.8 Å². The maximum atomic E-state index is 12.7. The first-order valence-electron chi connectivity index (χ1n) is 8.61. The third-order valence-corrected chi connectivity index (χ3v) is 4.36. The zero-order chi connectivity index (χ0) is 18.5. The van der Waals surface area contributed by atoms with Gasteiger partial charge < -0.3 is 14.4 Å². The molecular formula is C22H23NO3. The van der Waals surface area contributed by atoms with Crippen LogP contribution >= 0.6 is 0 Å². The Morgan fingerprint density at radius 3 is 2.42 bits per heavy atom. The molecule has 0 aliphatic heterocycles. The van der Waals surface area contributed by atoms with Crippen LogP contribution in [0.1, 0.15) is 12.5 Å². The monoisotopic (exact) mass is 349 g/mol. The number of ether oxygens (including phenoxy) is 2. The highest BCUT2D eigenvalue weighted by Gasteiger charge is 2.20. The highest BCUT2D eigenvalue weighted by atomic mass is 16.5. The molecule has 3 aromatic rings. The zero-order valence-electron chi connectivity index (χ0n) is 15.3. The molecule has 1 amide bonds. The molecule has 4 heteroatoms. The molecular weight excluding hydrogens is 326 g/mol. The smallest absolute Gasteiger partial charge is 0.263 e. The van der Waals surface area contributed by atoms with Crippen molar-refractivity contribution in [1.82, 2.24) is 4.90 Å². The van der Waals surface area contributed by atoms with Crippen LogP contribution < -0.4 is 9.47 Å². The summed E-state index contributed by atoms with van der Waals surface area (Å²) in [6.45, 7) is 2.31. The number of likely N-dealkylation sites (N-methyl/N-ethyl adjacent to an activating group) is 1. The molecule has 0 radical (unpaired) electrons. The molecule has 4 nitrogen and oxygen atoms in total. The van der Waals surface area contributed by atoms with Crippen molar-refractivity contribution >= 4 is 16.7 Å². The lowest BCUT2D eigenvalue weighted by Crippen LogP contribution is -2.37. The summed E-state index contributed by atoms with van der Waals surface area (Å²) >= 11 is 0.